The number of amides is 2. The minimum Gasteiger partial charge on any atom is -0.484 e. The van der Waals surface area contributed by atoms with Crippen LogP contribution in [0, 0.1) is 6.92 Å². The first-order chi connectivity index (χ1) is 14.6. The van der Waals surface area contributed by atoms with E-state index in [0.29, 0.717) is 37.5 Å². The van der Waals surface area contributed by atoms with Crippen molar-refractivity contribution in [2.45, 2.75) is 6.92 Å². The minimum absolute atomic E-state index is 0.00272. The second-order valence-corrected chi connectivity index (χ2v) is 7.41. The Labute approximate surface area is 176 Å². The summed E-state index contributed by atoms with van der Waals surface area (Å²) in [5, 5.41) is 0. The van der Waals surface area contributed by atoms with Crippen molar-refractivity contribution in [1.29, 1.82) is 0 Å². The Hall–Kier alpha value is -3.54. The molecular weight excluding hydrogens is 378 g/mol. The maximum absolute atomic E-state index is 12.8. The molecule has 1 aliphatic heterocycles. The lowest BCUT2D eigenvalue weighted by molar-refractivity contribution is -0.134. The van der Waals surface area contributed by atoms with E-state index in [9.17, 15) is 9.59 Å². The third-order valence-electron chi connectivity index (χ3n) is 5.32. The highest BCUT2D eigenvalue weighted by Gasteiger charge is 2.25. The second kappa shape index (κ2) is 8.86. The molecule has 6 heteroatoms. The van der Waals surface area contributed by atoms with Crippen molar-refractivity contribution in [3.05, 3.63) is 84.2 Å². The van der Waals surface area contributed by atoms with Gasteiger partial charge in [-0.05, 0) is 55.5 Å². The normalized spacial score (nSPS) is 13.9. The van der Waals surface area contributed by atoms with Crippen molar-refractivity contribution < 1.29 is 14.3 Å². The molecule has 1 fully saturated rings. The Morgan fingerprint density at radius 3 is 2.07 bits per heavy atom. The molecule has 1 aliphatic rings. The lowest BCUT2D eigenvalue weighted by atomic mass is 10.1. The number of ether oxygens (including phenoxy) is 1. The van der Waals surface area contributed by atoms with Crippen molar-refractivity contribution >= 4 is 11.8 Å². The van der Waals surface area contributed by atoms with E-state index >= 15 is 0 Å². The number of benzene rings is 2. The molecule has 0 atom stereocenters. The molecular formula is C24H25N3O3. The van der Waals surface area contributed by atoms with E-state index in [1.165, 1.54) is 0 Å². The highest BCUT2D eigenvalue weighted by atomic mass is 16.5. The van der Waals surface area contributed by atoms with Gasteiger partial charge in [0.15, 0.2) is 6.61 Å². The molecule has 3 aromatic rings. The van der Waals surface area contributed by atoms with Crippen LogP contribution in [0.5, 0.6) is 5.75 Å². The Morgan fingerprint density at radius 2 is 1.43 bits per heavy atom. The van der Waals surface area contributed by atoms with Crippen LogP contribution < -0.4 is 4.74 Å². The van der Waals surface area contributed by atoms with Crippen LogP contribution in [0.3, 0.4) is 0 Å². The van der Waals surface area contributed by atoms with Gasteiger partial charge in [-0.25, -0.2) is 0 Å². The molecule has 154 valence electrons. The molecule has 2 heterocycles. The van der Waals surface area contributed by atoms with Crippen LogP contribution in [0.4, 0.5) is 0 Å². The first kappa shape index (κ1) is 19.8. The summed E-state index contributed by atoms with van der Waals surface area (Å²) >= 11 is 0. The van der Waals surface area contributed by atoms with E-state index in [4.69, 9.17) is 4.74 Å². The topological polar surface area (TPSA) is 54.8 Å². The number of carbonyl (C=O) groups excluding carboxylic acids is 2. The van der Waals surface area contributed by atoms with Crippen LogP contribution in [0.15, 0.2) is 73.1 Å². The van der Waals surface area contributed by atoms with E-state index in [1.54, 1.807) is 9.80 Å². The van der Waals surface area contributed by atoms with Gasteiger partial charge in [-0.2, -0.15) is 0 Å². The van der Waals surface area contributed by atoms with Gasteiger partial charge in [0, 0.05) is 49.8 Å². The molecule has 2 aromatic carbocycles. The summed E-state index contributed by atoms with van der Waals surface area (Å²) in [6.45, 7) is 4.10. The molecule has 0 spiro atoms. The zero-order valence-corrected chi connectivity index (χ0v) is 17.0. The third kappa shape index (κ3) is 4.54. The van der Waals surface area contributed by atoms with E-state index in [1.807, 2.05) is 84.5 Å². The molecule has 1 saturated heterocycles. The number of carbonyl (C=O) groups is 2. The SMILES string of the molecule is Cc1ccc(OCC(=O)N2CCN(C(=O)c3ccc(-n4cccc4)cc3)CC2)cc1. The predicted octanol–water partition coefficient (Wildman–Crippen LogP) is 3.15. The van der Waals surface area contributed by atoms with Crippen LogP contribution in [0.1, 0.15) is 15.9 Å². The predicted molar refractivity (Wildman–Crippen MR) is 115 cm³/mol. The van der Waals surface area contributed by atoms with Gasteiger partial charge in [-0.1, -0.05) is 17.7 Å². The number of piperazine rings is 1. The Kier molecular flexibility index (Phi) is 5.84. The maximum Gasteiger partial charge on any atom is 0.260 e. The van der Waals surface area contributed by atoms with Crippen LogP contribution in [-0.4, -0.2) is 59.0 Å². The molecule has 6 nitrogen and oxygen atoms in total. The first-order valence-electron chi connectivity index (χ1n) is 10.1. The van der Waals surface area contributed by atoms with E-state index < -0.39 is 0 Å². The fourth-order valence-electron chi connectivity index (χ4n) is 3.50. The highest BCUT2D eigenvalue weighted by molar-refractivity contribution is 5.94. The summed E-state index contributed by atoms with van der Waals surface area (Å²) < 4.78 is 7.59. The standard InChI is InChI=1S/C24H25N3O3/c1-19-4-10-22(11-5-19)30-18-23(28)26-14-16-27(17-15-26)24(29)20-6-8-21(9-7-20)25-12-2-3-13-25/h2-13H,14-18H2,1H3. The van der Waals surface area contributed by atoms with Crippen molar-refractivity contribution in [2.24, 2.45) is 0 Å². The minimum atomic E-state index is -0.0567. The van der Waals surface area contributed by atoms with Crippen LogP contribution >= 0.6 is 0 Å². The molecule has 0 bridgehead atoms. The van der Waals surface area contributed by atoms with Crippen molar-refractivity contribution in [3.63, 3.8) is 0 Å². The van der Waals surface area contributed by atoms with E-state index in [0.717, 1.165) is 11.3 Å². The van der Waals surface area contributed by atoms with Gasteiger partial charge in [0.25, 0.3) is 11.8 Å². The average Bonchev–Trinajstić information content (AvgIpc) is 3.33. The van der Waals surface area contributed by atoms with Crippen molar-refractivity contribution in [1.82, 2.24) is 14.4 Å². The van der Waals surface area contributed by atoms with E-state index in [2.05, 4.69) is 0 Å². The molecule has 1 aromatic heterocycles. The number of hydrogen-bond acceptors (Lipinski definition) is 3. The molecule has 4 rings (SSSR count). The molecule has 0 radical (unpaired) electrons. The fraction of sp³-hybridized carbons (Fsp3) is 0.250. The highest BCUT2D eigenvalue weighted by Crippen LogP contribution is 2.14. The van der Waals surface area contributed by atoms with Crippen molar-refractivity contribution in [2.75, 3.05) is 32.8 Å². The number of hydrogen-bond donors (Lipinski definition) is 0. The van der Waals surface area contributed by atoms with Crippen LogP contribution in [0.25, 0.3) is 5.69 Å². The zero-order chi connectivity index (χ0) is 20.9. The largest absolute Gasteiger partial charge is 0.484 e. The van der Waals surface area contributed by atoms with Gasteiger partial charge in [-0.15, -0.1) is 0 Å². The Bertz CT molecular complexity index is 987. The summed E-state index contributed by atoms with van der Waals surface area (Å²) in [7, 11) is 0. The van der Waals surface area contributed by atoms with Gasteiger partial charge in [0.1, 0.15) is 5.75 Å². The Morgan fingerprint density at radius 1 is 0.833 bits per heavy atom. The molecule has 0 aliphatic carbocycles. The van der Waals surface area contributed by atoms with Gasteiger partial charge in [0.2, 0.25) is 0 Å². The summed E-state index contributed by atoms with van der Waals surface area (Å²) in [6.07, 6.45) is 3.94. The smallest absolute Gasteiger partial charge is 0.260 e. The van der Waals surface area contributed by atoms with Gasteiger partial charge in [-0.3, -0.25) is 9.59 Å². The summed E-state index contributed by atoms with van der Waals surface area (Å²) in [4.78, 5) is 28.8. The van der Waals surface area contributed by atoms with Gasteiger partial charge < -0.3 is 19.1 Å². The number of aromatic nitrogens is 1. The molecule has 0 saturated carbocycles. The molecule has 0 unspecified atom stereocenters. The number of aryl methyl sites for hydroxylation is 1. The lowest BCUT2D eigenvalue weighted by Crippen LogP contribution is -2.51. The van der Waals surface area contributed by atoms with Gasteiger partial charge >= 0.3 is 0 Å². The molecule has 0 N–H and O–H groups in total. The number of rotatable bonds is 5. The monoisotopic (exact) mass is 403 g/mol. The summed E-state index contributed by atoms with van der Waals surface area (Å²) in [5.74, 6) is 0.627. The van der Waals surface area contributed by atoms with E-state index in [-0.39, 0.29) is 18.4 Å². The second-order valence-electron chi connectivity index (χ2n) is 7.41. The lowest BCUT2D eigenvalue weighted by Gasteiger charge is -2.34. The third-order valence-corrected chi connectivity index (χ3v) is 5.32. The quantitative estimate of drug-likeness (QED) is 0.658. The first-order valence-corrected chi connectivity index (χ1v) is 10.1. The number of nitrogens with zero attached hydrogens (tertiary/aromatic N) is 3. The average molecular weight is 403 g/mol. The maximum atomic E-state index is 12.8. The van der Waals surface area contributed by atoms with Crippen LogP contribution in [-0.2, 0) is 4.79 Å². The van der Waals surface area contributed by atoms with Crippen molar-refractivity contribution in [3.8, 4) is 11.4 Å². The van der Waals surface area contributed by atoms with Crippen LogP contribution in [0.2, 0.25) is 0 Å². The van der Waals surface area contributed by atoms with Gasteiger partial charge in [0.05, 0.1) is 0 Å². The molecule has 30 heavy (non-hydrogen) atoms. The fourth-order valence-corrected chi connectivity index (χ4v) is 3.50. The zero-order valence-electron chi connectivity index (χ0n) is 17.0. The molecule has 2 amide bonds. The summed E-state index contributed by atoms with van der Waals surface area (Å²) in [5.41, 5.74) is 2.82. The summed E-state index contributed by atoms with van der Waals surface area (Å²) in [6, 6.07) is 19.1. The Balaban J connectivity index is 1.27.